The van der Waals surface area contributed by atoms with E-state index in [4.69, 9.17) is 9.31 Å². The molecule has 1 saturated heterocycles. The lowest BCUT2D eigenvalue weighted by molar-refractivity contribution is 0.00578. The third-order valence-electron chi connectivity index (χ3n) is 5.32. The van der Waals surface area contributed by atoms with Crippen LogP contribution in [0.15, 0.2) is 40.9 Å². The van der Waals surface area contributed by atoms with Crippen LogP contribution >= 0.6 is 15.9 Å². The third-order valence-corrected chi connectivity index (χ3v) is 6.41. The van der Waals surface area contributed by atoms with E-state index in [0.717, 1.165) is 33.6 Å². The predicted octanol–water partition coefficient (Wildman–Crippen LogP) is 4.68. The average Bonchev–Trinajstić information content (AvgIpc) is 2.84. The Balaban J connectivity index is 0.000000237. The molecular formula is C22H26BBrO4. The fourth-order valence-corrected chi connectivity index (χ4v) is 3.21. The third kappa shape index (κ3) is 4.62. The highest BCUT2D eigenvalue weighted by Gasteiger charge is 2.52. The summed E-state index contributed by atoms with van der Waals surface area (Å²) in [5, 5.41) is 0. The van der Waals surface area contributed by atoms with Gasteiger partial charge in [-0.15, -0.1) is 0 Å². The van der Waals surface area contributed by atoms with Crippen molar-refractivity contribution in [2.24, 2.45) is 0 Å². The molecule has 1 fully saturated rings. The zero-order valence-electron chi connectivity index (χ0n) is 17.2. The van der Waals surface area contributed by atoms with Gasteiger partial charge in [0.1, 0.15) is 6.29 Å². The molecule has 3 rings (SSSR count). The van der Waals surface area contributed by atoms with Crippen LogP contribution in [-0.2, 0) is 9.31 Å². The lowest BCUT2D eigenvalue weighted by Gasteiger charge is -2.32. The summed E-state index contributed by atoms with van der Waals surface area (Å²) in [6.45, 7) is 11.9. The summed E-state index contributed by atoms with van der Waals surface area (Å²) in [7, 11) is -0.476. The Labute approximate surface area is 175 Å². The van der Waals surface area contributed by atoms with E-state index in [1.54, 1.807) is 12.1 Å². The summed E-state index contributed by atoms with van der Waals surface area (Å²) < 4.78 is 12.9. The minimum atomic E-state index is -0.476. The molecule has 0 aromatic heterocycles. The molecule has 0 N–H and O–H groups in total. The summed E-state index contributed by atoms with van der Waals surface area (Å²) >= 11 is 3.31. The maximum absolute atomic E-state index is 11.1. The SMILES string of the molecule is Cc1cccc(C=O)c1B1OC(C)(C)C(C)(C)O1.Cc1cccc(C=O)c1Br. The molecule has 1 aliphatic heterocycles. The van der Waals surface area contributed by atoms with Gasteiger partial charge in [0.05, 0.1) is 11.2 Å². The fourth-order valence-electron chi connectivity index (χ4n) is 2.85. The van der Waals surface area contributed by atoms with E-state index in [1.807, 2.05) is 65.8 Å². The Bertz CT molecular complexity index is 861. The molecule has 0 amide bonds. The molecule has 1 aliphatic rings. The van der Waals surface area contributed by atoms with Gasteiger partial charge >= 0.3 is 7.12 Å². The van der Waals surface area contributed by atoms with Crippen molar-refractivity contribution in [2.45, 2.75) is 52.7 Å². The van der Waals surface area contributed by atoms with Crippen molar-refractivity contribution < 1.29 is 18.9 Å². The molecule has 148 valence electrons. The first-order valence-corrected chi connectivity index (χ1v) is 9.94. The van der Waals surface area contributed by atoms with Crippen molar-refractivity contribution in [2.75, 3.05) is 0 Å². The van der Waals surface area contributed by atoms with E-state index in [-0.39, 0.29) is 11.2 Å². The first kappa shape index (κ1) is 22.5. The summed E-state index contributed by atoms with van der Waals surface area (Å²) in [4.78, 5) is 21.5. The minimum absolute atomic E-state index is 0.389. The first-order valence-electron chi connectivity index (χ1n) is 9.14. The maximum atomic E-state index is 11.1. The topological polar surface area (TPSA) is 52.6 Å². The first-order chi connectivity index (χ1) is 13.0. The highest BCUT2D eigenvalue weighted by molar-refractivity contribution is 9.10. The van der Waals surface area contributed by atoms with E-state index in [9.17, 15) is 9.59 Å². The number of rotatable bonds is 3. The molecule has 2 aromatic rings. The highest BCUT2D eigenvalue weighted by Crippen LogP contribution is 2.36. The molecule has 0 unspecified atom stereocenters. The Morgan fingerprint density at radius 1 is 0.821 bits per heavy atom. The van der Waals surface area contributed by atoms with Gasteiger partial charge in [-0.2, -0.15) is 0 Å². The number of halogens is 1. The van der Waals surface area contributed by atoms with E-state index >= 15 is 0 Å². The van der Waals surface area contributed by atoms with Gasteiger partial charge < -0.3 is 9.31 Å². The summed E-state index contributed by atoms with van der Waals surface area (Å²) in [6, 6.07) is 11.2. The smallest absolute Gasteiger partial charge is 0.399 e. The van der Waals surface area contributed by atoms with Crippen molar-refractivity contribution in [3.63, 3.8) is 0 Å². The molecule has 2 aromatic carbocycles. The van der Waals surface area contributed by atoms with Gasteiger partial charge in [-0.1, -0.05) is 42.0 Å². The number of benzene rings is 2. The van der Waals surface area contributed by atoms with Crippen LogP contribution in [0.1, 0.15) is 59.5 Å². The van der Waals surface area contributed by atoms with Crippen LogP contribution in [0.5, 0.6) is 0 Å². The van der Waals surface area contributed by atoms with Crippen LogP contribution < -0.4 is 5.46 Å². The standard InChI is InChI=1S/C14H19BO3.C8H7BrO/c1-10-7-6-8-11(9-16)12(10)15-17-13(2,3)14(4,5)18-15;1-6-3-2-4-7(5-10)8(6)9/h6-9H,1-5H3;2-5H,1H3. The average molecular weight is 445 g/mol. The quantitative estimate of drug-likeness (QED) is 0.509. The van der Waals surface area contributed by atoms with Crippen LogP contribution in [0.3, 0.4) is 0 Å². The molecule has 0 atom stereocenters. The number of hydrogen-bond acceptors (Lipinski definition) is 4. The molecule has 28 heavy (non-hydrogen) atoms. The number of hydrogen-bond donors (Lipinski definition) is 0. The van der Waals surface area contributed by atoms with Gasteiger partial charge in [-0.25, -0.2) is 0 Å². The minimum Gasteiger partial charge on any atom is -0.399 e. The number of carbonyl (C=O) groups excluding carboxylic acids is 2. The molecule has 0 bridgehead atoms. The Hall–Kier alpha value is -1.76. The van der Waals surface area contributed by atoms with E-state index < -0.39 is 7.12 Å². The molecular weight excluding hydrogens is 419 g/mol. The second-order valence-corrected chi connectivity index (χ2v) is 8.67. The summed E-state index contributed by atoms with van der Waals surface area (Å²) in [5.41, 5.74) is 3.50. The lowest BCUT2D eigenvalue weighted by Crippen LogP contribution is -2.41. The van der Waals surface area contributed by atoms with E-state index in [0.29, 0.717) is 11.1 Å². The van der Waals surface area contributed by atoms with Crippen molar-refractivity contribution in [1.29, 1.82) is 0 Å². The monoisotopic (exact) mass is 444 g/mol. The Morgan fingerprint density at radius 2 is 1.29 bits per heavy atom. The van der Waals surface area contributed by atoms with Crippen LogP contribution in [0.2, 0.25) is 0 Å². The Morgan fingerprint density at radius 3 is 1.75 bits per heavy atom. The Kier molecular flexibility index (Phi) is 7.02. The second-order valence-electron chi connectivity index (χ2n) is 7.88. The fraction of sp³-hybridized carbons (Fsp3) is 0.364. The molecule has 4 nitrogen and oxygen atoms in total. The normalized spacial score (nSPS) is 16.9. The van der Waals surface area contributed by atoms with Crippen LogP contribution in [0, 0.1) is 13.8 Å². The van der Waals surface area contributed by atoms with Gasteiger partial charge in [-0.05, 0) is 68.5 Å². The number of carbonyl (C=O) groups is 2. The van der Waals surface area contributed by atoms with Crippen molar-refractivity contribution in [1.82, 2.24) is 0 Å². The zero-order valence-corrected chi connectivity index (χ0v) is 18.8. The molecule has 0 radical (unpaired) electrons. The second kappa shape index (κ2) is 8.72. The van der Waals surface area contributed by atoms with Crippen LogP contribution in [0.25, 0.3) is 0 Å². The van der Waals surface area contributed by atoms with Gasteiger partial charge in [-0.3, -0.25) is 9.59 Å². The van der Waals surface area contributed by atoms with Gasteiger partial charge in [0.25, 0.3) is 0 Å². The van der Waals surface area contributed by atoms with Crippen molar-refractivity contribution in [3.8, 4) is 0 Å². The van der Waals surface area contributed by atoms with Gasteiger partial charge in [0, 0.05) is 15.6 Å². The number of aldehydes is 2. The van der Waals surface area contributed by atoms with Crippen molar-refractivity contribution in [3.05, 3.63) is 63.1 Å². The van der Waals surface area contributed by atoms with Crippen molar-refractivity contribution >= 4 is 41.1 Å². The summed E-state index contributed by atoms with van der Waals surface area (Å²) in [6.07, 6.45) is 1.70. The predicted molar refractivity (Wildman–Crippen MR) is 117 cm³/mol. The lowest BCUT2D eigenvalue weighted by atomic mass is 9.73. The summed E-state index contributed by atoms with van der Waals surface area (Å²) in [5.74, 6) is 0. The van der Waals surface area contributed by atoms with Crippen LogP contribution in [-0.4, -0.2) is 30.9 Å². The largest absolute Gasteiger partial charge is 0.495 e. The maximum Gasteiger partial charge on any atom is 0.495 e. The molecule has 1 heterocycles. The molecule has 0 aliphatic carbocycles. The van der Waals surface area contributed by atoms with Gasteiger partial charge in [0.15, 0.2) is 6.29 Å². The van der Waals surface area contributed by atoms with Gasteiger partial charge in [0.2, 0.25) is 0 Å². The van der Waals surface area contributed by atoms with E-state index in [2.05, 4.69) is 15.9 Å². The molecule has 6 heteroatoms. The molecule has 0 saturated carbocycles. The van der Waals surface area contributed by atoms with Crippen LogP contribution in [0.4, 0.5) is 0 Å². The van der Waals surface area contributed by atoms with E-state index in [1.165, 1.54) is 0 Å². The zero-order chi connectivity index (χ0) is 21.1. The molecule has 0 spiro atoms. The number of aryl methyl sites for hydroxylation is 2. The highest BCUT2D eigenvalue weighted by atomic mass is 79.9.